The van der Waals surface area contributed by atoms with E-state index in [1.807, 2.05) is 12.4 Å². The van der Waals surface area contributed by atoms with Gasteiger partial charge < -0.3 is 9.13 Å². The lowest BCUT2D eigenvalue weighted by atomic mass is 9.98. The highest BCUT2D eigenvalue weighted by atomic mass is 15.0. The first-order chi connectivity index (χ1) is 27.8. The van der Waals surface area contributed by atoms with Crippen molar-refractivity contribution in [2.45, 2.75) is 0 Å². The molecule has 0 spiro atoms. The van der Waals surface area contributed by atoms with E-state index in [-0.39, 0.29) is 0 Å². The molecule has 0 aliphatic carbocycles. The van der Waals surface area contributed by atoms with Crippen LogP contribution in [0.3, 0.4) is 0 Å². The van der Waals surface area contributed by atoms with E-state index in [4.69, 9.17) is 0 Å². The molecule has 0 bridgehead atoms. The molecule has 11 aromatic rings. The van der Waals surface area contributed by atoms with Gasteiger partial charge in [0, 0.05) is 45.3 Å². The predicted molar refractivity (Wildman–Crippen MR) is 235 cm³/mol. The zero-order valence-corrected chi connectivity index (χ0v) is 30.5. The van der Waals surface area contributed by atoms with Gasteiger partial charge in [-0.3, -0.25) is 4.98 Å². The number of pyridine rings is 1. The summed E-state index contributed by atoms with van der Waals surface area (Å²) in [6, 6.07) is 72.5. The summed E-state index contributed by atoms with van der Waals surface area (Å²) in [4.78, 5) is 4.58. The number of para-hydroxylation sites is 1. The minimum atomic E-state index is 1.13. The molecular formula is C53H35N3. The maximum absolute atomic E-state index is 4.58. The number of benzene rings is 8. The van der Waals surface area contributed by atoms with E-state index in [2.05, 4.69) is 214 Å². The third-order valence-electron chi connectivity index (χ3n) is 11.2. The molecule has 3 aromatic heterocycles. The van der Waals surface area contributed by atoms with Crippen molar-refractivity contribution in [2.75, 3.05) is 0 Å². The normalized spacial score (nSPS) is 11.6. The Hall–Kier alpha value is -7.49. The molecule has 0 fully saturated rings. The van der Waals surface area contributed by atoms with Crippen LogP contribution in [0.15, 0.2) is 213 Å². The maximum atomic E-state index is 4.58. The van der Waals surface area contributed by atoms with Gasteiger partial charge in [0.1, 0.15) is 0 Å². The molecular weight excluding hydrogens is 679 g/mol. The molecule has 0 atom stereocenters. The molecule has 8 aromatic carbocycles. The third kappa shape index (κ3) is 5.32. The first-order valence-corrected chi connectivity index (χ1v) is 19.1. The highest BCUT2D eigenvalue weighted by molar-refractivity contribution is 6.12. The second kappa shape index (κ2) is 13.1. The standard InChI is InChI=1S/C53H35N3/c1-4-12-36(13-5-1)39-20-24-44(25-21-39)55-51-27-23-40(33-48(51)49-35-54-29-28-52(49)55)41-22-26-47-46-18-10-11-19-50(46)56(53(47)34-41)45-31-42(37-14-6-2-7-15-37)30-43(32-45)38-16-8-3-9-17-38/h1-35H. The van der Waals surface area contributed by atoms with Crippen molar-refractivity contribution >= 4 is 43.6 Å². The van der Waals surface area contributed by atoms with Crippen LogP contribution in [0.2, 0.25) is 0 Å². The van der Waals surface area contributed by atoms with E-state index >= 15 is 0 Å². The molecule has 0 unspecified atom stereocenters. The van der Waals surface area contributed by atoms with Gasteiger partial charge in [-0.05, 0) is 105 Å². The summed E-state index contributed by atoms with van der Waals surface area (Å²) in [5, 5.41) is 4.79. The fourth-order valence-electron chi connectivity index (χ4n) is 8.52. The van der Waals surface area contributed by atoms with Crippen LogP contribution in [0.25, 0.3) is 99.5 Å². The van der Waals surface area contributed by atoms with Crippen LogP contribution in [0.4, 0.5) is 0 Å². The summed E-state index contributed by atoms with van der Waals surface area (Å²) >= 11 is 0. The quantitative estimate of drug-likeness (QED) is 0.168. The average molecular weight is 714 g/mol. The molecule has 0 saturated heterocycles. The monoisotopic (exact) mass is 713 g/mol. The van der Waals surface area contributed by atoms with Crippen molar-refractivity contribution in [3.05, 3.63) is 213 Å². The molecule has 3 heteroatoms. The van der Waals surface area contributed by atoms with Crippen molar-refractivity contribution in [2.24, 2.45) is 0 Å². The van der Waals surface area contributed by atoms with Crippen LogP contribution in [0, 0.1) is 0 Å². The minimum Gasteiger partial charge on any atom is -0.309 e. The molecule has 262 valence electrons. The van der Waals surface area contributed by atoms with Crippen molar-refractivity contribution in [3.63, 3.8) is 0 Å². The van der Waals surface area contributed by atoms with Crippen LogP contribution in [-0.4, -0.2) is 14.1 Å². The Labute approximate surface area is 325 Å². The number of rotatable bonds is 6. The van der Waals surface area contributed by atoms with Crippen LogP contribution in [0.1, 0.15) is 0 Å². The Morgan fingerprint density at radius 3 is 1.46 bits per heavy atom. The zero-order valence-electron chi connectivity index (χ0n) is 30.5. The van der Waals surface area contributed by atoms with Crippen molar-refractivity contribution < 1.29 is 0 Å². The Morgan fingerprint density at radius 1 is 0.268 bits per heavy atom. The highest BCUT2D eigenvalue weighted by Gasteiger charge is 2.17. The van der Waals surface area contributed by atoms with Gasteiger partial charge in [0.15, 0.2) is 0 Å². The summed E-state index contributed by atoms with van der Waals surface area (Å²) in [6.07, 6.45) is 3.89. The van der Waals surface area contributed by atoms with Crippen LogP contribution in [0.5, 0.6) is 0 Å². The lowest BCUT2D eigenvalue weighted by molar-refractivity contribution is 1.17. The largest absolute Gasteiger partial charge is 0.309 e. The van der Waals surface area contributed by atoms with Gasteiger partial charge in [-0.2, -0.15) is 0 Å². The van der Waals surface area contributed by atoms with Crippen molar-refractivity contribution in [1.82, 2.24) is 14.1 Å². The molecule has 3 nitrogen and oxygen atoms in total. The highest BCUT2D eigenvalue weighted by Crippen LogP contribution is 2.40. The summed E-state index contributed by atoms with van der Waals surface area (Å²) in [5.74, 6) is 0. The van der Waals surface area contributed by atoms with E-state index in [1.165, 1.54) is 71.7 Å². The number of aromatic nitrogens is 3. The summed E-state index contributed by atoms with van der Waals surface area (Å²) in [7, 11) is 0. The smallest absolute Gasteiger partial charge is 0.0571 e. The summed E-state index contributed by atoms with van der Waals surface area (Å²) in [5.41, 5.74) is 16.5. The van der Waals surface area contributed by atoms with Gasteiger partial charge in [-0.1, -0.05) is 140 Å². The van der Waals surface area contributed by atoms with Crippen molar-refractivity contribution in [1.29, 1.82) is 0 Å². The molecule has 0 aliphatic heterocycles. The summed E-state index contributed by atoms with van der Waals surface area (Å²) in [6.45, 7) is 0. The van der Waals surface area contributed by atoms with Gasteiger partial charge >= 0.3 is 0 Å². The second-order valence-electron chi connectivity index (χ2n) is 14.5. The van der Waals surface area contributed by atoms with E-state index in [9.17, 15) is 0 Å². The van der Waals surface area contributed by atoms with Gasteiger partial charge in [-0.25, -0.2) is 0 Å². The van der Waals surface area contributed by atoms with Crippen LogP contribution in [-0.2, 0) is 0 Å². The molecule has 0 saturated carbocycles. The Kier molecular flexibility index (Phi) is 7.49. The predicted octanol–water partition coefficient (Wildman–Crippen LogP) is 13.9. The second-order valence-corrected chi connectivity index (χ2v) is 14.5. The van der Waals surface area contributed by atoms with Gasteiger partial charge in [-0.15, -0.1) is 0 Å². The van der Waals surface area contributed by atoms with Gasteiger partial charge in [0.05, 0.1) is 22.1 Å². The van der Waals surface area contributed by atoms with E-state index < -0.39 is 0 Å². The minimum absolute atomic E-state index is 1.13. The number of hydrogen-bond donors (Lipinski definition) is 0. The summed E-state index contributed by atoms with van der Waals surface area (Å²) < 4.78 is 4.80. The van der Waals surface area contributed by atoms with Crippen molar-refractivity contribution in [3.8, 4) is 55.9 Å². The number of hydrogen-bond acceptors (Lipinski definition) is 1. The lowest BCUT2D eigenvalue weighted by Gasteiger charge is -2.14. The zero-order chi connectivity index (χ0) is 37.0. The maximum Gasteiger partial charge on any atom is 0.0571 e. The van der Waals surface area contributed by atoms with Gasteiger partial charge in [0.2, 0.25) is 0 Å². The number of nitrogens with zero attached hydrogens (tertiary/aromatic N) is 3. The Morgan fingerprint density at radius 2 is 0.768 bits per heavy atom. The molecule has 56 heavy (non-hydrogen) atoms. The molecule has 0 radical (unpaired) electrons. The van der Waals surface area contributed by atoms with Crippen LogP contribution >= 0.6 is 0 Å². The Bertz CT molecular complexity index is 3150. The molecule has 0 aliphatic rings. The first kappa shape index (κ1) is 32.0. The molecule has 0 N–H and O–H groups in total. The average Bonchev–Trinajstić information content (AvgIpc) is 3.79. The molecule has 3 heterocycles. The van der Waals surface area contributed by atoms with E-state index in [1.54, 1.807) is 0 Å². The topological polar surface area (TPSA) is 22.8 Å². The van der Waals surface area contributed by atoms with E-state index in [0.717, 1.165) is 27.8 Å². The van der Waals surface area contributed by atoms with Gasteiger partial charge in [0.25, 0.3) is 0 Å². The fourth-order valence-corrected chi connectivity index (χ4v) is 8.52. The number of fused-ring (bicyclic) bond motifs is 6. The van der Waals surface area contributed by atoms with Crippen LogP contribution < -0.4 is 0 Å². The fraction of sp³-hybridized carbons (Fsp3) is 0. The molecule has 0 amide bonds. The SMILES string of the molecule is c1ccc(-c2ccc(-n3c4ccncc4c4cc(-c5ccc6c7ccccc7n(-c7cc(-c8ccccc8)cc(-c8ccccc8)c7)c6c5)ccc43)cc2)cc1. The van der Waals surface area contributed by atoms with E-state index in [0.29, 0.717) is 0 Å². The Balaban J connectivity index is 1.08. The lowest BCUT2D eigenvalue weighted by Crippen LogP contribution is -1.96. The third-order valence-corrected chi connectivity index (χ3v) is 11.2. The molecule has 11 rings (SSSR count). The first-order valence-electron chi connectivity index (χ1n) is 19.1.